The Morgan fingerprint density at radius 3 is 2.50 bits per heavy atom. The molecule has 0 amide bonds. The Bertz CT molecular complexity index is 999. The number of hydrogen-bond donors (Lipinski definition) is 2. The maximum absolute atomic E-state index is 11.3. The maximum Gasteiger partial charge on any atom is 0.238 e. The van der Waals surface area contributed by atoms with Crippen LogP contribution in [0.4, 0.5) is 11.6 Å². The summed E-state index contributed by atoms with van der Waals surface area (Å²) in [6.07, 6.45) is 2.75. The molecule has 0 bridgehead atoms. The van der Waals surface area contributed by atoms with Gasteiger partial charge in [0.25, 0.3) is 0 Å². The van der Waals surface area contributed by atoms with E-state index < -0.39 is 10.0 Å². The van der Waals surface area contributed by atoms with Gasteiger partial charge in [-0.15, -0.1) is 0 Å². The number of nitrogens with one attached hydrogen (secondary N) is 1. The summed E-state index contributed by atoms with van der Waals surface area (Å²) >= 11 is 0. The molecule has 24 heavy (non-hydrogen) atoms. The first kappa shape index (κ1) is 16.4. The number of aryl methyl sites for hydroxylation is 2. The molecule has 0 spiro atoms. The summed E-state index contributed by atoms with van der Waals surface area (Å²) in [6, 6.07) is 10.3. The van der Waals surface area contributed by atoms with Crippen molar-refractivity contribution in [1.82, 2.24) is 9.97 Å². The number of benzene rings is 2. The van der Waals surface area contributed by atoms with Crippen molar-refractivity contribution < 1.29 is 8.42 Å². The van der Waals surface area contributed by atoms with Crippen LogP contribution >= 0.6 is 0 Å². The van der Waals surface area contributed by atoms with Crippen LogP contribution in [0.2, 0.25) is 0 Å². The van der Waals surface area contributed by atoms with Gasteiger partial charge in [-0.25, -0.2) is 23.5 Å². The molecule has 1 heterocycles. The van der Waals surface area contributed by atoms with Gasteiger partial charge in [-0.2, -0.15) is 0 Å². The molecule has 0 aliphatic heterocycles. The monoisotopic (exact) mass is 342 g/mol. The van der Waals surface area contributed by atoms with Crippen LogP contribution in [0.25, 0.3) is 10.9 Å². The predicted molar refractivity (Wildman–Crippen MR) is 94.8 cm³/mol. The highest BCUT2D eigenvalue weighted by Gasteiger charge is 2.08. The maximum atomic E-state index is 11.3. The second-order valence-corrected chi connectivity index (χ2v) is 7.15. The molecule has 2 aromatic carbocycles. The van der Waals surface area contributed by atoms with Gasteiger partial charge in [-0.05, 0) is 54.8 Å². The largest absolute Gasteiger partial charge is 0.324 e. The van der Waals surface area contributed by atoms with Crippen LogP contribution in [0.5, 0.6) is 0 Å². The van der Waals surface area contributed by atoms with Gasteiger partial charge < -0.3 is 5.32 Å². The lowest BCUT2D eigenvalue weighted by Gasteiger charge is -2.09. The Labute approximate surface area is 140 Å². The first-order valence-electron chi connectivity index (χ1n) is 7.53. The van der Waals surface area contributed by atoms with Crippen molar-refractivity contribution in [1.29, 1.82) is 0 Å². The van der Waals surface area contributed by atoms with Crippen molar-refractivity contribution in [2.45, 2.75) is 25.2 Å². The van der Waals surface area contributed by atoms with E-state index in [-0.39, 0.29) is 4.90 Å². The molecule has 0 unspecified atom stereocenters. The van der Waals surface area contributed by atoms with Crippen LogP contribution in [0.15, 0.2) is 47.5 Å². The quantitative estimate of drug-likeness (QED) is 0.760. The molecular weight excluding hydrogens is 324 g/mol. The van der Waals surface area contributed by atoms with Crippen molar-refractivity contribution in [2.75, 3.05) is 5.32 Å². The molecule has 0 atom stereocenters. The van der Waals surface area contributed by atoms with Crippen LogP contribution in [-0.2, 0) is 16.4 Å². The fourth-order valence-electron chi connectivity index (χ4n) is 2.52. The highest BCUT2D eigenvalue weighted by Crippen LogP contribution is 2.22. The zero-order chi connectivity index (χ0) is 17.3. The van der Waals surface area contributed by atoms with E-state index in [1.807, 2.05) is 6.92 Å². The van der Waals surface area contributed by atoms with Gasteiger partial charge >= 0.3 is 0 Å². The fraction of sp³-hybridized carbons (Fsp3) is 0.176. The minimum atomic E-state index is -3.69. The van der Waals surface area contributed by atoms with Crippen LogP contribution in [0.1, 0.15) is 18.1 Å². The van der Waals surface area contributed by atoms with Crippen LogP contribution in [0, 0.1) is 6.92 Å². The Morgan fingerprint density at radius 2 is 1.88 bits per heavy atom. The van der Waals surface area contributed by atoms with Gasteiger partial charge in [0.2, 0.25) is 16.0 Å². The van der Waals surface area contributed by atoms with E-state index in [1.165, 1.54) is 17.7 Å². The standard InChI is InChI=1S/C17H18N4O2S/c1-3-12-8-11(2)16-13(9-12)10-19-17(21-16)20-14-4-6-15(7-5-14)24(18,22)23/h4-10H,3H2,1-2H3,(H2,18,22,23)(H,19,20,21). The highest BCUT2D eigenvalue weighted by atomic mass is 32.2. The topological polar surface area (TPSA) is 98.0 Å². The van der Waals surface area contributed by atoms with Crippen LogP contribution < -0.4 is 10.5 Å². The van der Waals surface area contributed by atoms with Gasteiger partial charge in [0.05, 0.1) is 10.4 Å². The number of hydrogen-bond acceptors (Lipinski definition) is 5. The Kier molecular flexibility index (Phi) is 4.21. The SMILES string of the molecule is CCc1cc(C)c2nc(Nc3ccc(S(N)(=O)=O)cc3)ncc2c1. The molecule has 3 rings (SSSR count). The Hall–Kier alpha value is -2.51. The molecular formula is C17H18N4O2S. The molecule has 0 aliphatic rings. The number of nitrogens with two attached hydrogens (primary N) is 1. The summed E-state index contributed by atoms with van der Waals surface area (Å²) in [5.74, 6) is 0.457. The minimum absolute atomic E-state index is 0.0652. The zero-order valence-corrected chi connectivity index (χ0v) is 14.3. The molecule has 6 nitrogen and oxygen atoms in total. The number of rotatable bonds is 4. The molecule has 0 aliphatic carbocycles. The molecule has 7 heteroatoms. The van der Waals surface area contributed by atoms with Crippen molar-refractivity contribution in [3.8, 4) is 0 Å². The fourth-order valence-corrected chi connectivity index (χ4v) is 3.04. The van der Waals surface area contributed by atoms with Crippen molar-refractivity contribution in [3.63, 3.8) is 0 Å². The molecule has 3 N–H and O–H groups in total. The summed E-state index contributed by atoms with van der Waals surface area (Å²) in [7, 11) is -3.69. The lowest BCUT2D eigenvalue weighted by atomic mass is 10.1. The average molecular weight is 342 g/mol. The molecule has 0 saturated carbocycles. The van der Waals surface area contributed by atoms with Crippen LogP contribution in [-0.4, -0.2) is 18.4 Å². The summed E-state index contributed by atoms with van der Waals surface area (Å²) in [4.78, 5) is 8.94. The molecule has 0 saturated heterocycles. The third-order valence-corrected chi connectivity index (χ3v) is 4.71. The van der Waals surface area contributed by atoms with Crippen molar-refractivity contribution in [2.24, 2.45) is 5.14 Å². The summed E-state index contributed by atoms with van der Waals surface area (Å²) in [5, 5.41) is 9.16. The van der Waals surface area contributed by atoms with E-state index in [1.54, 1.807) is 18.3 Å². The number of fused-ring (bicyclic) bond motifs is 1. The average Bonchev–Trinajstić information content (AvgIpc) is 2.55. The first-order valence-corrected chi connectivity index (χ1v) is 9.07. The van der Waals surface area contributed by atoms with Gasteiger partial charge in [-0.1, -0.05) is 13.0 Å². The number of nitrogens with zero attached hydrogens (tertiary/aromatic N) is 2. The highest BCUT2D eigenvalue weighted by molar-refractivity contribution is 7.89. The summed E-state index contributed by atoms with van der Waals surface area (Å²) in [5.41, 5.74) is 3.93. The number of anilines is 2. The van der Waals surface area contributed by atoms with Crippen LogP contribution in [0.3, 0.4) is 0 Å². The molecule has 0 radical (unpaired) electrons. The van der Waals surface area contributed by atoms with Crippen molar-refractivity contribution in [3.05, 3.63) is 53.7 Å². The van der Waals surface area contributed by atoms with Gasteiger partial charge in [-0.3, -0.25) is 0 Å². The zero-order valence-electron chi connectivity index (χ0n) is 13.4. The molecule has 124 valence electrons. The molecule has 1 aromatic heterocycles. The normalized spacial score (nSPS) is 11.6. The third kappa shape index (κ3) is 3.37. The summed E-state index contributed by atoms with van der Waals surface area (Å²) < 4.78 is 22.5. The lowest BCUT2D eigenvalue weighted by molar-refractivity contribution is 0.598. The smallest absolute Gasteiger partial charge is 0.238 e. The number of primary sulfonamides is 1. The number of aromatic nitrogens is 2. The van der Waals surface area contributed by atoms with E-state index >= 15 is 0 Å². The molecule has 3 aromatic rings. The van der Waals surface area contributed by atoms with Crippen molar-refractivity contribution >= 4 is 32.6 Å². The summed E-state index contributed by atoms with van der Waals surface area (Å²) in [6.45, 7) is 4.14. The predicted octanol–water partition coefficient (Wildman–Crippen LogP) is 2.89. The van der Waals surface area contributed by atoms with E-state index in [2.05, 4.69) is 34.3 Å². The second kappa shape index (κ2) is 6.18. The Morgan fingerprint density at radius 1 is 1.17 bits per heavy atom. The van der Waals surface area contributed by atoms with E-state index in [0.29, 0.717) is 11.6 Å². The number of sulfonamides is 1. The Balaban J connectivity index is 1.91. The van der Waals surface area contributed by atoms with Gasteiger partial charge in [0.15, 0.2) is 0 Å². The second-order valence-electron chi connectivity index (χ2n) is 5.59. The minimum Gasteiger partial charge on any atom is -0.324 e. The molecule has 0 fully saturated rings. The first-order chi connectivity index (χ1) is 11.4. The lowest BCUT2D eigenvalue weighted by Crippen LogP contribution is -2.11. The van der Waals surface area contributed by atoms with Gasteiger partial charge in [0.1, 0.15) is 0 Å². The van der Waals surface area contributed by atoms with Gasteiger partial charge in [0, 0.05) is 17.3 Å². The van der Waals surface area contributed by atoms with E-state index in [0.717, 1.165) is 22.9 Å². The third-order valence-electron chi connectivity index (χ3n) is 3.78. The van der Waals surface area contributed by atoms with E-state index in [9.17, 15) is 8.42 Å². The van der Waals surface area contributed by atoms with E-state index in [4.69, 9.17) is 5.14 Å².